The lowest BCUT2D eigenvalue weighted by Crippen LogP contribution is -2.41. The molecule has 0 aromatic heterocycles. The van der Waals surface area contributed by atoms with Crippen LogP contribution in [0.2, 0.25) is 0 Å². The molecule has 1 rings (SSSR count). The first-order valence-electron chi connectivity index (χ1n) is 4.10. The number of carbonyl (C=O) groups excluding carboxylic acids is 1. The number of likely N-dealkylation sites (tertiary alicyclic amines) is 1. The molecule has 64 valence electrons. The molecule has 3 nitrogen and oxygen atoms in total. The van der Waals surface area contributed by atoms with Gasteiger partial charge in [0.2, 0.25) is 0 Å². The fourth-order valence-electron chi connectivity index (χ4n) is 1.49. The molecule has 0 aliphatic carbocycles. The minimum absolute atomic E-state index is 0.183. The maximum atomic E-state index is 11.1. The van der Waals surface area contributed by atoms with Gasteiger partial charge in [0.15, 0.2) is 0 Å². The van der Waals surface area contributed by atoms with Gasteiger partial charge in [-0.1, -0.05) is 0 Å². The number of amides is 1. The summed E-state index contributed by atoms with van der Waals surface area (Å²) in [6.07, 6.45) is 3.26. The molecule has 0 saturated carbocycles. The Labute approximate surface area is 67.3 Å². The van der Waals surface area contributed by atoms with E-state index in [4.69, 9.17) is 0 Å². The minimum atomic E-state index is -0.183. The number of carbonyl (C=O) groups is 1. The van der Waals surface area contributed by atoms with Gasteiger partial charge in [0, 0.05) is 12.6 Å². The third kappa shape index (κ3) is 1.85. The van der Waals surface area contributed by atoms with Crippen molar-refractivity contribution in [1.29, 1.82) is 0 Å². The van der Waals surface area contributed by atoms with Gasteiger partial charge in [0.1, 0.15) is 0 Å². The molecule has 0 aromatic carbocycles. The van der Waals surface area contributed by atoms with E-state index >= 15 is 0 Å². The molecule has 0 radical (unpaired) electrons. The van der Waals surface area contributed by atoms with Crippen LogP contribution < -0.4 is 0 Å². The molecular formula is C8H15NO2. The van der Waals surface area contributed by atoms with Crippen LogP contribution in [-0.2, 0) is 4.74 Å². The van der Waals surface area contributed by atoms with E-state index in [-0.39, 0.29) is 6.09 Å². The van der Waals surface area contributed by atoms with Crippen molar-refractivity contribution in [3.05, 3.63) is 0 Å². The van der Waals surface area contributed by atoms with Crippen LogP contribution >= 0.6 is 0 Å². The summed E-state index contributed by atoms with van der Waals surface area (Å²) in [6, 6.07) is 0.358. The summed E-state index contributed by atoms with van der Waals surface area (Å²) in [7, 11) is 1.43. The zero-order valence-electron chi connectivity index (χ0n) is 7.17. The average molecular weight is 157 g/mol. The minimum Gasteiger partial charge on any atom is -0.453 e. The van der Waals surface area contributed by atoms with Gasteiger partial charge < -0.3 is 9.64 Å². The fraction of sp³-hybridized carbons (Fsp3) is 0.875. The number of hydrogen-bond acceptors (Lipinski definition) is 2. The third-order valence-electron chi connectivity index (χ3n) is 2.21. The summed E-state index contributed by atoms with van der Waals surface area (Å²) in [5, 5.41) is 0. The van der Waals surface area contributed by atoms with E-state index < -0.39 is 0 Å². The Morgan fingerprint density at radius 2 is 2.27 bits per heavy atom. The number of rotatable bonds is 0. The van der Waals surface area contributed by atoms with Gasteiger partial charge >= 0.3 is 6.09 Å². The van der Waals surface area contributed by atoms with Crippen LogP contribution in [0.3, 0.4) is 0 Å². The highest BCUT2D eigenvalue weighted by Gasteiger charge is 2.23. The van der Waals surface area contributed by atoms with Crippen LogP contribution in [0.4, 0.5) is 4.79 Å². The molecule has 0 spiro atoms. The Hall–Kier alpha value is -0.730. The first kappa shape index (κ1) is 8.37. The molecule has 0 bridgehead atoms. The molecule has 0 aromatic rings. The van der Waals surface area contributed by atoms with Crippen molar-refractivity contribution in [3.8, 4) is 0 Å². The summed E-state index contributed by atoms with van der Waals surface area (Å²) in [6.45, 7) is 2.92. The van der Waals surface area contributed by atoms with Gasteiger partial charge in [0.25, 0.3) is 0 Å². The number of piperidine rings is 1. The van der Waals surface area contributed by atoms with Crippen LogP contribution in [0.5, 0.6) is 0 Å². The Balaban J connectivity index is 2.47. The first-order valence-corrected chi connectivity index (χ1v) is 4.10. The molecule has 1 aliphatic rings. The normalized spacial score (nSPS) is 24.9. The van der Waals surface area contributed by atoms with E-state index in [0.717, 1.165) is 19.4 Å². The van der Waals surface area contributed by atoms with Crippen LogP contribution in [0.1, 0.15) is 26.2 Å². The van der Waals surface area contributed by atoms with Crippen molar-refractivity contribution in [2.24, 2.45) is 0 Å². The zero-order chi connectivity index (χ0) is 8.27. The molecule has 1 aliphatic heterocycles. The van der Waals surface area contributed by atoms with Gasteiger partial charge in [-0.25, -0.2) is 4.79 Å². The van der Waals surface area contributed by atoms with Crippen LogP contribution in [0.25, 0.3) is 0 Å². The summed E-state index contributed by atoms with van der Waals surface area (Å²) in [4.78, 5) is 12.9. The van der Waals surface area contributed by atoms with Gasteiger partial charge in [0.05, 0.1) is 7.11 Å². The summed E-state index contributed by atoms with van der Waals surface area (Å²) >= 11 is 0. The maximum Gasteiger partial charge on any atom is 0.409 e. The number of hydrogen-bond donors (Lipinski definition) is 0. The summed E-state index contributed by atoms with van der Waals surface area (Å²) < 4.78 is 4.65. The lowest BCUT2D eigenvalue weighted by molar-refractivity contribution is 0.0945. The Bertz CT molecular complexity index is 147. The van der Waals surface area contributed by atoms with E-state index in [1.807, 2.05) is 0 Å². The largest absolute Gasteiger partial charge is 0.453 e. The van der Waals surface area contributed by atoms with Crippen LogP contribution in [-0.4, -0.2) is 30.7 Å². The summed E-state index contributed by atoms with van der Waals surface area (Å²) in [5.41, 5.74) is 0. The molecule has 0 N–H and O–H groups in total. The van der Waals surface area contributed by atoms with E-state index in [1.54, 1.807) is 4.90 Å². The average Bonchev–Trinajstić information content (AvgIpc) is 2.04. The molecule has 1 fully saturated rings. The third-order valence-corrected chi connectivity index (χ3v) is 2.21. The second-order valence-electron chi connectivity index (χ2n) is 3.01. The second-order valence-corrected chi connectivity index (χ2v) is 3.01. The number of nitrogens with zero attached hydrogens (tertiary/aromatic N) is 1. The highest BCUT2D eigenvalue weighted by atomic mass is 16.5. The Morgan fingerprint density at radius 3 is 2.82 bits per heavy atom. The topological polar surface area (TPSA) is 29.5 Å². The highest BCUT2D eigenvalue weighted by Crippen LogP contribution is 2.16. The van der Waals surface area contributed by atoms with Crippen molar-refractivity contribution >= 4 is 6.09 Å². The lowest BCUT2D eigenvalue weighted by Gasteiger charge is -2.31. The first-order chi connectivity index (χ1) is 5.25. The van der Waals surface area contributed by atoms with Crippen molar-refractivity contribution < 1.29 is 9.53 Å². The molecule has 1 heterocycles. The fourth-order valence-corrected chi connectivity index (χ4v) is 1.49. The number of ether oxygens (including phenoxy) is 1. The van der Waals surface area contributed by atoms with E-state index in [9.17, 15) is 4.79 Å². The Morgan fingerprint density at radius 1 is 1.55 bits per heavy atom. The predicted octanol–water partition coefficient (Wildman–Crippen LogP) is 1.63. The van der Waals surface area contributed by atoms with Crippen molar-refractivity contribution in [2.75, 3.05) is 13.7 Å². The molecule has 3 heteroatoms. The van der Waals surface area contributed by atoms with Crippen molar-refractivity contribution in [3.63, 3.8) is 0 Å². The van der Waals surface area contributed by atoms with Gasteiger partial charge in [-0.05, 0) is 26.2 Å². The smallest absolute Gasteiger partial charge is 0.409 e. The van der Waals surface area contributed by atoms with Crippen molar-refractivity contribution in [2.45, 2.75) is 32.2 Å². The Kier molecular flexibility index (Phi) is 2.74. The van der Waals surface area contributed by atoms with E-state index in [0.29, 0.717) is 6.04 Å². The van der Waals surface area contributed by atoms with Gasteiger partial charge in [-0.3, -0.25) is 0 Å². The predicted molar refractivity (Wildman–Crippen MR) is 42.4 cm³/mol. The molecule has 1 unspecified atom stereocenters. The molecule has 11 heavy (non-hydrogen) atoms. The van der Waals surface area contributed by atoms with E-state index in [2.05, 4.69) is 11.7 Å². The molecular weight excluding hydrogens is 142 g/mol. The standard InChI is InChI=1S/C8H15NO2/c1-7-5-3-4-6-9(7)8(10)11-2/h7H,3-6H2,1-2H3. The van der Waals surface area contributed by atoms with Crippen molar-refractivity contribution in [1.82, 2.24) is 4.90 Å². The SMILES string of the molecule is COC(=O)N1CCCCC1C. The quantitative estimate of drug-likeness (QED) is 0.535. The van der Waals surface area contributed by atoms with Gasteiger partial charge in [-0.15, -0.1) is 0 Å². The zero-order valence-corrected chi connectivity index (χ0v) is 7.17. The monoisotopic (exact) mass is 157 g/mol. The van der Waals surface area contributed by atoms with Gasteiger partial charge in [-0.2, -0.15) is 0 Å². The highest BCUT2D eigenvalue weighted by molar-refractivity contribution is 5.67. The van der Waals surface area contributed by atoms with E-state index in [1.165, 1.54) is 13.5 Å². The molecule has 1 atom stereocenters. The second kappa shape index (κ2) is 3.60. The molecule has 1 amide bonds. The van der Waals surface area contributed by atoms with Crippen LogP contribution in [0.15, 0.2) is 0 Å². The summed E-state index contributed by atoms with van der Waals surface area (Å²) in [5.74, 6) is 0. The number of methoxy groups -OCH3 is 1. The molecule has 1 saturated heterocycles. The van der Waals surface area contributed by atoms with Crippen LogP contribution in [0, 0.1) is 0 Å². The lowest BCUT2D eigenvalue weighted by atomic mass is 10.0. The maximum absolute atomic E-state index is 11.1.